The van der Waals surface area contributed by atoms with Gasteiger partial charge >= 0.3 is 0 Å². The number of sulfonamides is 1. The van der Waals surface area contributed by atoms with Crippen molar-refractivity contribution in [3.8, 4) is 0 Å². The Kier molecular flexibility index (Phi) is 5.09. The van der Waals surface area contributed by atoms with Crippen LogP contribution in [0.2, 0.25) is 5.02 Å². The molecular formula is C9H14ClN3O3S2. The number of hydrogen-bond donors (Lipinski definition) is 2. The van der Waals surface area contributed by atoms with Crippen molar-refractivity contribution in [2.45, 2.75) is 17.9 Å². The zero-order chi connectivity index (χ0) is 13.9. The number of nitrogen functional groups attached to an aromatic ring is 1. The van der Waals surface area contributed by atoms with Crippen molar-refractivity contribution in [3.63, 3.8) is 0 Å². The summed E-state index contributed by atoms with van der Waals surface area (Å²) in [6.45, 7) is 1.63. The molecule has 0 aromatic carbocycles. The summed E-state index contributed by atoms with van der Waals surface area (Å²) in [5.41, 5.74) is 5.40. The molecule has 1 aromatic heterocycles. The van der Waals surface area contributed by atoms with Gasteiger partial charge in [-0.3, -0.25) is 4.21 Å². The van der Waals surface area contributed by atoms with Gasteiger partial charge in [0.15, 0.2) is 0 Å². The Labute approximate surface area is 113 Å². The predicted molar refractivity (Wildman–Crippen MR) is 72.4 cm³/mol. The zero-order valence-corrected chi connectivity index (χ0v) is 12.3. The summed E-state index contributed by atoms with van der Waals surface area (Å²) in [7, 11) is -4.81. The quantitative estimate of drug-likeness (QED) is 0.817. The lowest BCUT2D eigenvalue weighted by atomic mass is 10.4. The summed E-state index contributed by atoms with van der Waals surface area (Å²) in [6, 6.07) is 0.777. The van der Waals surface area contributed by atoms with E-state index in [1.165, 1.54) is 12.3 Å². The number of nitrogens with one attached hydrogen (secondary N) is 1. The molecule has 18 heavy (non-hydrogen) atoms. The minimum atomic E-state index is -3.73. The van der Waals surface area contributed by atoms with Gasteiger partial charge in [0.25, 0.3) is 0 Å². The van der Waals surface area contributed by atoms with Gasteiger partial charge in [0.2, 0.25) is 10.0 Å². The van der Waals surface area contributed by atoms with E-state index in [0.717, 1.165) is 6.20 Å². The van der Waals surface area contributed by atoms with E-state index in [2.05, 4.69) is 9.71 Å². The number of hydrogen-bond acceptors (Lipinski definition) is 5. The summed E-state index contributed by atoms with van der Waals surface area (Å²) in [4.78, 5) is 3.61. The molecule has 0 fully saturated rings. The smallest absolute Gasteiger partial charge is 0.242 e. The van der Waals surface area contributed by atoms with Gasteiger partial charge in [-0.25, -0.2) is 18.1 Å². The highest BCUT2D eigenvalue weighted by atomic mass is 35.5. The average molecular weight is 312 g/mol. The van der Waals surface area contributed by atoms with Gasteiger partial charge in [-0.05, 0) is 13.0 Å². The normalized spacial score (nSPS) is 15.3. The third kappa shape index (κ3) is 4.20. The van der Waals surface area contributed by atoms with Crippen LogP contribution in [-0.4, -0.2) is 35.7 Å². The Bertz CT molecular complexity index is 562. The van der Waals surface area contributed by atoms with Crippen LogP contribution >= 0.6 is 11.6 Å². The van der Waals surface area contributed by atoms with Gasteiger partial charge in [0.1, 0.15) is 10.7 Å². The minimum Gasteiger partial charge on any atom is -0.382 e. The molecule has 2 unspecified atom stereocenters. The van der Waals surface area contributed by atoms with Gasteiger partial charge in [0, 0.05) is 35.0 Å². The molecule has 0 aliphatic rings. The largest absolute Gasteiger partial charge is 0.382 e. The second-order valence-electron chi connectivity index (χ2n) is 3.80. The maximum absolute atomic E-state index is 11.9. The number of nitrogens with zero attached hydrogens (tertiary/aromatic N) is 1. The van der Waals surface area contributed by atoms with Crippen LogP contribution < -0.4 is 10.5 Å². The van der Waals surface area contributed by atoms with Crippen LogP contribution in [0.5, 0.6) is 0 Å². The van der Waals surface area contributed by atoms with E-state index in [4.69, 9.17) is 17.3 Å². The van der Waals surface area contributed by atoms with Gasteiger partial charge in [0.05, 0.1) is 5.02 Å². The molecule has 0 aliphatic carbocycles. The van der Waals surface area contributed by atoms with Crippen molar-refractivity contribution >= 4 is 38.2 Å². The first-order valence-electron chi connectivity index (χ1n) is 4.95. The van der Waals surface area contributed by atoms with Crippen molar-refractivity contribution in [2.24, 2.45) is 0 Å². The molecule has 102 valence electrons. The van der Waals surface area contributed by atoms with E-state index in [0.29, 0.717) is 0 Å². The van der Waals surface area contributed by atoms with E-state index in [-0.39, 0.29) is 21.5 Å². The first-order chi connectivity index (χ1) is 8.22. The van der Waals surface area contributed by atoms with Crippen molar-refractivity contribution in [1.82, 2.24) is 9.71 Å². The molecule has 1 rings (SSSR count). The van der Waals surface area contributed by atoms with Crippen LogP contribution in [0.25, 0.3) is 0 Å². The molecular weight excluding hydrogens is 298 g/mol. The van der Waals surface area contributed by atoms with E-state index in [1.54, 1.807) is 6.92 Å². The fourth-order valence-electron chi connectivity index (χ4n) is 1.30. The van der Waals surface area contributed by atoms with Crippen LogP contribution in [-0.2, 0) is 20.8 Å². The van der Waals surface area contributed by atoms with Gasteiger partial charge in [-0.15, -0.1) is 0 Å². The number of rotatable bonds is 5. The molecule has 0 saturated heterocycles. The fourth-order valence-corrected chi connectivity index (χ4v) is 3.63. The molecule has 1 heterocycles. The van der Waals surface area contributed by atoms with Crippen LogP contribution in [0.15, 0.2) is 17.2 Å². The molecule has 0 amide bonds. The van der Waals surface area contributed by atoms with Gasteiger partial charge in [-0.1, -0.05) is 11.6 Å². The lowest BCUT2D eigenvalue weighted by Crippen LogP contribution is -2.36. The van der Waals surface area contributed by atoms with Crippen LogP contribution in [0, 0.1) is 0 Å². The molecule has 0 radical (unpaired) electrons. The number of anilines is 1. The molecule has 0 aliphatic heterocycles. The Morgan fingerprint density at radius 3 is 2.72 bits per heavy atom. The van der Waals surface area contributed by atoms with Crippen LogP contribution in [0.1, 0.15) is 6.92 Å². The van der Waals surface area contributed by atoms with Crippen molar-refractivity contribution < 1.29 is 12.6 Å². The SMILES string of the molecule is CC(CS(C)=O)NS(=O)(=O)c1cnc(N)c(Cl)c1. The monoisotopic (exact) mass is 311 g/mol. The summed E-state index contributed by atoms with van der Waals surface area (Å²) >= 11 is 5.71. The van der Waals surface area contributed by atoms with Crippen molar-refractivity contribution in [3.05, 3.63) is 17.3 Å². The summed E-state index contributed by atoms with van der Waals surface area (Å²) in [5.74, 6) is 0.299. The molecule has 9 heteroatoms. The highest BCUT2D eigenvalue weighted by Crippen LogP contribution is 2.19. The minimum absolute atomic E-state index is 0.0679. The van der Waals surface area contributed by atoms with E-state index >= 15 is 0 Å². The number of aromatic nitrogens is 1. The van der Waals surface area contributed by atoms with Gasteiger partial charge < -0.3 is 5.73 Å². The number of pyridine rings is 1. The second-order valence-corrected chi connectivity index (χ2v) is 7.40. The Balaban J connectivity index is 2.92. The molecule has 6 nitrogen and oxygen atoms in total. The Hall–Kier alpha value is -0.700. The van der Waals surface area contributed by atoms with E-state index < -0.39 is 26.9 Å². The van der Waals surface area contributed by atoms with Gasteiger partial charge in [-0.2, -0.15) is 0 Å². The van der Waals surface area contributed by atoms with Crippen molar-refractivity contribution in [2.75, 3.05) is 17.7 Å². The number of halogens is 1. The Morgan fingerprint density at radius 2 is 2.22 bits per heavy atom. The lowest BCUT2D eigenvalue weighted by molar-refractivity contribution is 0.569. The highest BCUT2D eigenvalue weighted by Gasteiger charge is 2.19. The van der Waals surface area contributed by atoms with E-state index in [9.17, 15) is 12.6 Å². The summed E-state index contributed by atoms with van der Waals surface area (Å²) < 4.78 is 37.3. The zero-order valence-electron chi connectivity index (χ0n) is 9.88. The van der Waals surface area contributed by atoms with Crippen molar-refractivity contribution in [1.29, 1.82) is 0 Å². The molecule has 3 N–H and O–H groups in total. The first-order valence-corrected chi connectivity index (χ1v) is 8.54. The summed E-state index contributed by atoms with van der Waals surface area (Å²) in [5, 5.41) is 0.0737. The van der Waals surface area contributed by atoms with Crippen LogP contribution in [0.4, 0.5) is 5.82 Å². The third-order valence-electron chi connectivity index (χ3n) is 2.00. The maximum atomic E-state index is 11.9. The highest BCUT2D eigenvalue weighted by molar-refractivity contribution is 7.89. The fraction of sp³-hybridized carbons (Fsp3) is 0.444. The molecule has 1 aromatic rings. The third-order valence-corrected chi connectivity index (χ3v) is 4.82. The lowest BCUT2D eigenvalue weighted by Gasteiger charge is -2.13. The van der Waals surface area contributed by atoms with E-state index in [1.807, 2.05) is 0 Å². The number of nitrogens with two attached hydrogens (primary N) is 1. The Morgan fingerprint density at radius 1 is 1.61 bits per heavy atom. The van der Waals surface area contributed by atoms with Crippen LogP contribution in [0.3, 0.4) is 0 Å². The summed E-state index contributed by atoms with van der Waals surface area (Å²) in [6.07, 6.45) is 2.63. The molecule has 0 bridgehead atoms. The second kappa shape index (κ2) is 5.96. The molecule has 0 saturated carbocycles. The topological polar surface area (TPSA) is 102 Å². The standard InChI is InChI=1S/C9H14ClN3O3S2/c1-6(5-17(2)14)13-18(15,16)7-3-8(10)9(11)12-4-7/h3-4,6,13H,5H2,1-2H3,(H2,11,12). The maximum Gasteiger partial charge on any atom is 0.242 e. The molecule has 2 atom stereocenters. The first kappa shape index (κ1) is 15.4. The average Bonchev–Trinajstić information content (AvgIpc) is 2.19. The predicted octanol–water partition coefficient (Wildman–Crippen LogP) is 0.363. The molecule has 0 spiro atoms.